The smallest absolute Gasteiger partial charge is 0.164 e. The Morgan fingerprint density at radius 3 is 2.75 bits per heavy atom. The van der Waals surface area contributed by atoms with Gasteiger partial charge in [-0.2, -0.15) is 0 Å². The van der Waals surface area contributed by atoms with Crippen molar-refractivity contribution in [3.05, 3.63) is 23.8 Å². The summed E-state index contributed by atoms with van der Waals surface area (Å²) in [7, 11) is 1.73. The molecule has 2 fully saturated rings. The number of piperidine rings is 1. The quantitative estimate of drug-likeness (QED) is 0.895. The minimum atomic E-state index is 0.398. The second-order valence-electron chi connectivity index (χ2n) is 6.04. The van der Waals surface area contributed by atoms with Crippen LogP contribution in [0.1, 0.15) is 37.7 Å². The van der Waals surface area contributed by atoms with Crippen molar-refractivity contribution < 1.29 is 9.47 Å². The predicted molar refractivity (Wildman–Crippen MR) is 80.6 cm³/mol. The zero-order valence-corrected chi connectivity index (χ0v) is 12.4. The number of para-hydroxylation sites is 1. The summed E-state index contributed by atoms with van der Waals surface area (Å²) in [5.41, 5.74) is 1.31. The molecule has 0 bridgehead atoms. The Balaban J connectivity index is 1.76. The van der Waals surface area contributed by atoms with Crippen LogP contribution in [-0.2, 0) is 6.42 Å². The summed E-state index contributed by atoms with van der Waals surface area (Å²) in [4.78, 5) is 0. The number of nitrogens with one attached hydrogen (secondary N) is 1. The predicted octanol–water partition coefficient (Wildman–Crippen LogP) is 3.17. The summed E-state index contributed by atoms with van der Waals surface area (Å²) in [6.07, 6.45) is 7.74. The molecular weight excluding hydrogens is 250 g/mol. The molecule has 1 aromatic carbocycles. The van der Waals surface area contributed by atoms with Crippen LogP contribution in [0.4, 0.5) is 0 Å². The summed E-state index contributed by atoms with van der Waals surface area (Å²) >= 11 is 0. The molecule has 3 nitrogen and oxygen atoms in total. The molecule has 0 aromatic heterocycles. The van der Waals surface area contributed by atoms with Gasteiger partial charge in [0.1, 0.15) is 0 Å². The van der Waals surface area contributed by atoms with Crippen LogP contribution in [0, 0.1) is 5.92 Å². The highest BCUT2D eigenvalue weighted by molar-refractivity contribution is 5.47. The molecule has 1 atom stereocenters. The molecule has 1 aliphatic carbocycles. The maximum absolute atomic E-state index is 6.20. The lowest BCUT2D eigenvalue weighted by atomic mass is 9.91. The van der Waals surface area contributed by atoms with E-state index >= 15 is 0 Å². The standard InChI is InChI=1S/C17H25NO2/c1-19-16-9-2-6-14(11-13-5-4-10-18-12-13)17(16)20-15-7-3-8-15/h2,6,9,13,15,18H,3-5,7-8,10-12H2,1H3. The summed E-state index contributed by atoms with van der Waals surface area (Å²) in [5.74, 6) is 2.60. The van der Waals surface area contributed by atoms with Crippen LogP contribution in [0.2, 0.25) is 0 Å². The molecule has 3 rings (SSSR count). The molecule has 1 heterocycles. The first-order chi connectivity index (χ1) is 9.86. The van der Waals surface area contributed by atoms with Crippen LogP contribution >= 0.6 is 0 Å². The van der Waals surface area contributed by atoms with Crippen molar-refractivity contribution in [2.75, 3.05) is 20.2 Å². The van der Waals surface area contributed by atoms with E-state index in [0.717, 1.165) is 30.4 Å². The minimum Gasteiger partial charge on any atom is -0.493 e. The van der Waals surface area contributed by atoms with Gasteiger partial charge in [-0.3, -0.25) is 0 Å². The van der Waals surface area contributed by atoms with Gasteiger partial charge in [0.2, 0.25) is 0 Å². The highest BCUT2D eigenvalue weighted by Crippen LogP contribution is 2.37. The van der Waals surface area contributed by atoms with E-state index in [2.05, 4.69) is 17.4 Å². The van der Waals surface area contributed by atoms with Crippen LogP contribution in [0.5, 0.6) is 11.5 Å². The van der Waals surface area contributed by atoms with Crippen LogP contribution in [-0.4, -0.2) is 26.3 Å². The third kappa shape index (κ3) is 3.09. The molecule has 1 aromatic rings. The molecule has 110 valence electrons. The number of benzene rings is 1. The molecule has 1 saturated heterocycles. The van der Waals surface area contributed by atoms with Crippen LogP contribution in [0.25, 0.3) is 0 Å². The van der Waals surface area contributed by atoms with Crippen LogP contribution in [0.15, 0.2) is 18.2 Å². The molecule has 0 amide bonds. The molecular formula is C17H25NO2. The van der Waals surface area contributed by atoms with Gasteiger partial charge >= 0.3 is 0 Å². The second kappa shape index (κ2) is 6.49. The summed E-state index contributed by atoms with van der Waals surface area (Å²) in [6.45, 7) is 2.29. The Bertz CT molecular complexity index is 437. The molecule has 1 saturated carbocycles. The van der Waals surface area contributed by atoms with Gasteiger partial charge < -0.3 is 14.8 Å². The van der Waals surface area contributed by atoms with E-state index in [0.29, 0.717) is 6.10 Å². The molecule has 1 N–H and O–H groups in total. The molecule has 2 aliphatic rings. The minimum absolute atomic E-state index is 0.398. The molecule has 20 heavy (non-hydrogen) atoms. The van der Waals surface area contributed by atoms with Gasteiger partial charge in [0, 0.05) is 0 Å². The van der Waals surface area contributed by atoms with Crippen LogP contribution in [0.3, 0.4) is 0 Å². The van der Waals surface area contributed by atoms with Gasteiger partial charge in [-0.25, -0.2) is 0 Å². The first-order valence-electron chi connectivity index (χ1n) is 7.90. The zero-order valence-electron chi connectivity index (χ0n) is 12.4. The lowest BCUT2D eigenvalue weighted by Gasteiger charge is -2.29. The topological polar surface area (TPSA) is 30.5 Å². The van der Waals surface area contributed by atoms with Crippen molar-refractivity contribution in [1.29, 1.82) is 0 Å². The summed E-state index contributed by atoms with van der Waals surface area (Å²) in [6, 6.07) is 6.29. The fraction of sp³-hybridized carbons (Fsp3) is 0.647. The number of methoxy groups -OCH3 is 1. The monoisotopic (exact) mass is 275 g/mol. The normalized spacial score (nSPS) is 23.1. The lowest BCUT2D eigenvalue weighted by Crippen LogP contribution is -2.31. The Hall–Kier alpha value is -1.22. The largest absolute Gasteiger partial charge is 0.493 e. The van der Waals surface area contributed by atoms with Crippen molar-refractivity contribution in [1.82, 2.24) is 5.32 Å². The Morgan fingerprint density at radius 2 is 2.10 bits per heavy atom. The molecule has 1 aliphatic heterocycles. The van der Waals surface area contributed by atoms with E-state index in [1.165, 1.54) is 44.2 Å². The van der Waals surface area contributed by atoms with E-state index in [1.54, 1.807) is 7.11 Å². The Morgan fingerprint density at radius 1 is 1.20 bits per heavy atom. The third-order valence-corrected chi connectivity index (χ3v) is 4.52. The SMILES string of the molecule is COc1cccc(CC2CCCNC2)c1OC1CCC1. The van der Waals surface area contributed by atoms with E-state index in [-0.39, 0.29) is 0 Å². The van der Waals surface area contributed by atoms with E-state index in [9.17, 15) is 0 Å². The Kier molecular flexibility index (Phi) is 4.46. The summed E-state index contributed by atoms with van der Waals surface area (Å²) < 4.78 is 11.7. The van der Waals surface area contributed by atoms with Crippen molar-refractivity contribution in [3.8, 4) is 11.5 Å². The van der Waals surface area contributed by atoms with Crippen molar-refractivity contribution in [2.24, 2.45) is 5.92 Å². The van der Waals surface area contributed by atoms with E-state index < -0.39 is 0 Å². The first-order valence-corrected chi connectivity index (χ1v) is 7.90. The number of hydrogen-bond acceptors (Lipinski definition) is 3. The van der Waals surface area contributed by atoms with Crippen LogP contribution < -0.4 is 14.8 Å². The molecule has 0 spiro atoms. The van der Waals surface area contributed by atoms with Gasteiger partial charge in [0.05, 0.1) is 13.2 Å². The average molecular weight is 275 g/mol. The highest BCUT2D eigenvalue weighted by atomic mass is 16.5. The van der Waals surface area contributed by atoms with Crippen molar-refractivity contribution >= 4 is 0 Å². The number of ether oxygens (including phenoxy) is 2. The van der Waals surface area contributed by atoms with Gasteiger partial charge in [-0.1, -0.05) is 12.1 Å². The van der Waals surface area contributed by atoms with Crippen molar-refractivity contribution in [2.45, 2.75) is 44.6 Å². The van der Waals surface area contributed by atoms with Gasteiger partial charge in [-0.15, -0.1) is 0 Å². The lowest BCUT2D eigenvalue weighted by molar-refractivity contribution is 0.114. The molecule has 1 unspecified atom stereocenters. The van der Waals surface area contributed by atoms with Gasteiger partial charge in [0.15, 0.2) is 11.5 Å². The second-order valence-corrected chi connectivity index (χ2v) is 6.04. The van der Waals surface area contributed by atoms with Gasteiger partial charge in [-0.05, 0) is 69.2 Å². The van der Waals surface area contributed by atoms with E-state index in [1.807, 2.05) is 6.07 Å². The Labute approximate surface area is 121 Å². The maximum atomic E-state index is 6.20. The first kappa shape index (κ1) is 13.7. The zero-order chi connectivity index (χ0) is 13.8. The van der Waals surface area contributed by atoms with Crippen molar-refractivity contribution in [3.63, 3.8) is 0 Å². The highest BCUT2D eigenvalue weighted by Gasteiger charge is 2.24. The average Bonchev–Trinajstić information content (AvgIpc) is 2.45. The number of rotatable bonds is 5. The maximum Gasteiger partial charge on any atom is 0.164 e. The molecule has 3 heteroatoms. The third-order valence-electron chi connectivity index (χ3n) is 4.52. The van der Waals surface area contributed by atoms with Gasteiger partial charge in [0.25, 0.3) is 0 Å². The fourth-order valence-corrected chi connectivity index (χ4v) is 3.08. The summed E-state index contributed by atoms with van der Waals surface area (Å²) in [5, 5.41) is 3.49. The van der Waals surface area contributed by atoms with E-state index in [4.69, 9.17) is 9.47 Å². The fourth-order valence-electron chi connectivity index (χ4n) is 3.08. The number of hydrogen-bond donors (Lipinski definition) is 1. The molecule has 0 radical (unpaired) electrons.